The lowest BCUT2D eigenvalue weighted by atomic mass is 10.1. The number of sulfonamides is 1. The summed E-state index contributed by atoms with van der Waals surface area (Å²) in [7, 11) is -4.15. The smallest absolute Gasteiger partial charge is 0.240 e. The number of carbonyl (C=O) groups excluding carboxylic acids is 1. The minimum absolute atomic E-state index is 0.0530. The van der Waals surface area contributed by atoms with Gasteiger partial charge in [-0.1, -0.05) is 23.7 Å². The summed E-state index contributed by atoms with van der Waals surface area (Å²) in [4.78, 5) is 11.9. The summed E-state index contributed by atoms with van der Waals surface area (Å²) in [6, 6.07) is 10.9. The van der Waals surface area contributed by atoms with Crippen LogP contribution in [0.15, 0.2) is 59.8 Å². The summed E-state index contributed by atoms with van der Waals surface area (Å²) in [6.45, 7) is 0. The van der Waals surface area contributed by atoms with Gasteiger partial charge < -0.3 is 5.32 Å². The van der Waals surface area contributed by atoms with Crippen molar-refractivity contribution in [1.29, 1.82) is 0 Å². The van der Waals surface area contributed by atoms with Crippen LogP contribution in [0.1, 0.15) is 5.56 Å². The fourth-order valence-corrected chi connectivity index (χ4v) is 3.44. The van der Waals surface area contributed by atoms with Crippen LogP contribution in [-0.2, 0) is 21.2 Å². The van der Waals surface area contributed by atoms with Gasteiger partial charge in [-0.25, -0.2) is 22.6 Å². The Bertz CT molecular complexity index is 1110. The molecule has 0 radical (unpaired) electrons. The van der Waals surface area contributed by atoms with E-state index in [2.05, 4.69) is 10.4 Å². The number of nitrogens with one attached hydrogen (secondary N) is 1. The fraction of sp³-hybridized carbons (Fsp3) is 0.0588. The largest absolute Gasteiger partial charge is 0.326 e. The van der Waals surface area contributed by atoms with Crippen molar-refractivity contribution in [2.75, 3.05) is 5.32 Å². The Labute approximate surface area is 159 Å². The summed E-state index contributed by atoms with van der Waals surface area (Å²) >= 11 is 5.89. The van der Waals surface area contributed by atoms with Gasteiger partial charge in [-0.05, 0) is 35.9 Å². The van der Waals surface area contributed by atoms with Crippen molar-refractivity contribution in [3.05, 3.63) is 71.3 Å². The van der Waals surface area contributed by atoms with E-state index >= 15 is 0 Å². The number of nitrogens with two attached hydrogens (primary N) is 1. The third-order valence-electron chi connectivity index (χ3n) is 3.60. The summed E-state index contributed by atoms with van der Waals surface area (Å²) in [5.41, 5.74) is 0.993. The molecular weight excluding hydrogens is 395 g/mol. The molecular formula is C17H14ClFN4O3S. The quantitative estimate of drug-likeness (QED) is 0.676. The molecule has 27 heavy (non-hydrogen) atoms. The van der Waals surface area contributed by atoms with Gasteiger partial charge in [0, 0.05) is 10.7 Å². The van der Waals surface area contributed by atoms with Crippen molar-refractivity contribution in [2.45, 2.75) is 11.3 Å². The topological polar surface area (TPSA) is 107 Å². The Balaban J connectivity index is 1.87. The van der Waals surface area contributed by atoms with Gasteiger partial charge in [0.2, 0.25) is 15.9 Å². The van der Waals surface area contributed by atoms with Crippen LogP contribution in [0.3, 0.4) is 0 Å². The van der Waals surface area contributed by atoms with E-state index in [1.54, 1.807) is 24.3 Å². The molecule has 0 aliphatic heterocycles. The third kappa shape index (κ3) is 4.70. The summed E-state index contributed by atoms with van der Waals surface area (Å²) in [6.07, 6.45) is 2.01. The highest BCUT2D eigenvalue weighted by atomic mass is 35.5. The molecule has 10 heteroatoms. The second-order valence-corrected chi connectivity index (χ2v) is 7.65. The minimum Gasteiger partial charge on any atom is -0.326 e. The lowest BCUT2D eigenvalue weighted by Gasteiger charge is -2.11. The number of aromatic nitrogens is 2. The molecule has 0 aliphatic carbocycles. The molecule has 7 nitrogen and oxygen atoms in total. The number of nitrogens with zero attached hydrogens (tertiary/aromatic N) is 2. The maximum atomic E-state index is 13.2. The zero-order valence-corrected chi connectivity index (χ0v) is 15.3. The molecule has 2 aromatic carbocycles. The van der Waals surface area contributed by atoms with Crippen molar-refractivity contribution >= 4 is 33.2 Å². The molecule has 3 rings (SSSR count). The highest BCUT2D eigenvalue weighted by Crippen LogP contribution is 2.23. The first kappa shape index (κ1) is 19.0. The first-order valence-electron chi connectivity index (χ1n) is 7.64. The molecule has 0 spiro atoms. The molecule has 0 saturated carbocycles. The molecule has 0 aliphatic rings. The van der Waals surface area contributed by atoms with Crippen LogP contribution in [0.5, 0.6) is 0 Å². The van der Waals surface area contributed by atoms with Crippen LogP contribution in [-0.4, -0.2) is 24.1 Å². The van der Waals surface area contributed by atoms with E-state index in [0.29, 0.717) is 10.6 Å². The Hall–Kier alpha value is -2.75. The Morgan fingerprint density at radius 2 is 2.04 bits per heavy atom. The van der Waals surface area contributed by atoms with Gasteiger partial charge >= 0.3 is 0 Å². The average Bonchev–Trinajstić information content (AvgIpc) is 3.00. The van der Waals surface area contributed by atoms with Gasteiger partial charge in [-0.3, -0.25) is 4.79 Å². The molecule has 0 unspecified atom stereocenters. The van der Waals surface area contributed by atoms with Crippen LogP contribution in [0.25, 0.3) is 5.69 Å². The molecule has 0 atom stereocenters. The van der Waals surface area contributed by atoms with E-state index < -0.39 is 15.8 Å². The van der Waals surface area contributed by atoms with Crippen molar-refractivity contribution in [1.82, 2.24) is 9.78 Å². The predicted molar refractivity (Wildman–Crippen MR) is 98.7 cm³/mol. The maximum Gasteiger partial charge on any atom is 0.240 e. The first-order valence-corrected chi connectivity index (χ1v) is 9.56. The Kier molecular flexibility index (Phi) is 5.26. The van der Waals surface area contributed by atoms with Crippen molar-refractivity contribution < 1.29 is 17.6 Å². The van der Waals surface area contributed by atoms with Crippen LogP contribution in [0.4, 0.5) is 10.1 Å². The van der Waals surface area contributed by atoms with Crippen LogP contribution < -0.4 is 10.5 Å². The number of halogens is 2. The molecule has 1 heterocycles. The normalized spacial score (nSPS) is 11.4. The molecule has 140 valence electrons. The lowest BCUT2D eigenvalue weighted by molar-refractivity contribution is -0.115. The van der Waals surface area contributed by atoms with Crippen molar-refractivity contribution in [3.63, 3.8) is 0 Å². The Morgan fingerprint density at radius 1 is 1.26 bits per heavy atom. The zero-order chi connectivity index (χ0) is 19.6. The zero-order valence-electron chi connectivity index (χ0n) is 13.8. The number of hydrogen-bond donors (Lipinski definition) is 2. The number of benzene rings is 2. The van der Waals surface area contributed by atoms with Crippen LogP contribution in [0, 0.1) is 5.82 Å². The number of hydrogen-bond acceptors (Lipinski definition) is 4. The van der Waals surface area contributed by atoms with E-state index in [-0.39, 0.29) is 28.6 Å². The minimum atomic E-state index is -4.15. The second kappa shape index (κ2) is 7.47. The second-order valence-electron chi connectivity index (χ2n) is 5.69. The van der Waals surface area contributed by atoms with Crippen LogP contribution >= 0.6 is 11.6 Å². The molecule has 0 bridgehead atoms. The standard InChI is InChI=1S/C17H14ClFN4O3S/c18-12-3-1-2-11(6-12)7-17(24)22-14-4-5-15(16(8-14)27(20,25)26)23-10-13(19)9-21-23/h1-6,8-10H,7H2,(H,22,24)(H2,20,25,26). The van der Waals surface area contributed by atoms with Gasteiger partial charge in [-0.15, -0.1) is 0 Å². The summed E-state index contributed by atoms with van der Waals surface area (Å²) in [5.74, 6) is -0.996. The van der Waals surface area contributed by atoms with E-state index in [1.807, 2.05) is 0 Å². The lowest BCUT2D eigenvalue weighted by Crippen LogP contribution is -2.18. The highest BCUT2D eigenvalue weighted by molar-refractivity contribution is 7.89. The van der Waals surface area contributed by atoms with Crippen LogP contribution in [0.2, 0.25) is 5.02 Å². The third-order valence-corrected chi connectivity index (χ3v) is 4.78. The first-order chi connectivity index (χ1) is 12.7. The maximum absolute atomic E-state index is 13.2. The molecule has 3 N–H and O–H groups in total. The number of carbonyl (C=O) groups is 1. The molecule has 0 fully saturated rings. The van der Waals surface area contributed by atoms with Gasteiger partial charge in [0.05, 0.1) is 24.5 Å². The molecule has 1 aromatic heterocycles. The number of primary sulfonamides is 1. The Morgan fingerprint density at radius 3 is 2.67 bits per heavy atom. The fourth-order valence-electron chi connectivity index (χ4n) is 2.48. The predicted octanol–water partition coefficient (Wildman–Crippen LogP) is 2.49. The highest BCUT2D eigenvalue weighted by Gasteiger charge is 2.18. The number of anilines is 1. The van der Waals surface area contributed by atoms with Gasteiger partial charge in [0.25, 0.3) is 0 Å². The van der Waals surface area contributed by atoms with E-state index in [9.17, 15) is 17.6 Å². The van der Waals surface area contributed by atoms with Gasteiger partial charge in [0.15, 0.2) is 5.82 Å². The summed E-state index contributed by atoms with van der Waals surface area (Å²) in [5, 5.41) is 12.1. The van der Waals surface area contributed by atoms with Crippen molar-refractivity contribution in [3.8, 4) is 5.69 Å². The van der Waals surface area contributed by atoms with Gasteiger partial charge in [-0.2, -0.15) is 5.10 Å². The van der Waals surface area contributed by atoms with E-state index in [1.165, 1.54) is 18.2 Å². The van der Waals surface area contributed by atoms with E-state index in [0.717, 1.165) is 17.1 Å². The SMILES string of the molecule is NS(=O)(=O)c1cc(NC(=O)Cc2cccc(Cl)c2)ccc1-n1cc(F)cn1. The van der Waals surface area contributed by atoms with Crippen molar-refractivity contribution in [2.24, 2.45) is 5.14 Å². The number of rotatable bonds is 5. The molecule has 3 aromatic rings. The number of amides is 1. The van der Waals surface area contributed by atoms with E-state index in [4.69, 9.17) is 16.7 Å². The summed E-state index contributed by atoms with van der Waals surface area (Å²) < 4.78 is 38.1. The monoisotopic (exact) mass is 408 g/mol. The van der Waals surface area contributed by atoms with Gasteiger partial charge in [0.1, 0.15) is 4.90 Å². The molecule has 1 amide bonds. The molecule has 0 saturated heterocycles. The average molecular weight is 409 g/mol.